The molecular formula is C26H21FN2O4S. The van der Waals surface area contributed by atoms with Gasteiger partial charge in [0, 0.05) is 29.2 Å². The Labute approximate surface area is 198 Å². The Bertz CT molecular complexity index is 1420. The number of aliphatic hydroxyl groups excluding tert-OH is 1. The minimum Gasteiger partial charge on any atom is -0.503 e. The van der Waals surface area contributed by atoms with E-state index in [4.69, 9.17) is 4.74 Å². The Hall–Kier alpha value is -3.91. The molecule has 0 bridgehead atoms. The van der Waals surface area contributed by atoms with Crippen LogP contribution in [0.15, 0.2) is 77.5 Å². The summed E-state index contributed by atoms with van der Waals surface area (Å²) in [6, 6.07) is 14.0. The number of fused-ring (bicyclic) bond motifs is 1. The lowest BCUT2D eigenvalue weighted by Crippen LogP contribution is -2.33. The first-order valence-corrected chi connectivity index (χ1v) is 11.6. The zero-order valence-electron chi connectivity index (χ0n) is 18.2. The molecule has 0 spiro atoms. The van der Waals surface area contributed by atoms with Gasteiger partial charge in [0.2, 0.25) is 5.78 Å². The topological polar surface area (TPSA) is 82.6 Å². The van der Waals surface area contributed by atoms with Crippen LogP contribution in [0.2, 0.25) is 0 Å². The third-order valence-corrected chi connectivity index (χ3v) is 6.96. The fourth-order valence-electron chi connectivity index (χ4n) is 4.41. The number of hydrogen-bond donors (Lipinski definition) is 2. The molecular weight excluding hydrogens is 455 g/mol. The molecule has 0 saturated heterocycles. The zero-order valence-corrected chi connectivity index (χ0v) is 19.1. The van der Waals surface area contributed by atoms with Crippen molar-refractivity contribution in [1.82, 2.24) is 9.88 Å². The minimum atomic E-state index is -1.02. The van der Waals surface area contributed by atoms with Crippen LogP contribution in [0.4, 0.5) is 4.39 Å². The van der Waals surface area contributed by atoms with Crippen LogP contribution in [0, 0.1) is 5.82 Å². The van der Waals surface area contributed by atoms with Crippen molar-refractivity contribution in [3.05, 3.63) is 99.3 Å². The smallest absolute Gasteiger partial charge is 0.290 e. The van der Waals surface area contributed by atoms with Crippen molar-refractivity contribution in [3.63, 3.8) is 0 Å². The number of aromatic amines is 1. The lowest BCUT2D eigenvalue weighted by atomic mass is 9.95. The van der Waals surface area contributed by atoms with Crippen LogP contribution in [0.25, 0.3) is 10.9 Å². The van der Waals surface area contributed by atoms with E-state index in [-0.39, 0.29) is 17.7 Å². The van der Waals surface area contributed by atoms with Gasteiger partial charge in [0.15, 0.2) is 5.76 Å². The molecule has 2 N–H and O–H groups in total. The number of nitrogens with zero attached hydrogens (tertiary/aromatic N) is 1. The Morgan fingerprint density at radius 2 is 2.03 bits per heavy atom. The Morgan fingerprint density at radius 1 is 1.21 bits per heavy atom. The van der Waals surface area contributed by atoms with Gasteiger partial charge in [-0.3, -0.25) is 9.59 Å². The predicted molar refractivity (Wildman–Crippen MR) is 128 cm³/mol. The van der Waals surface area contributed by atoms with Crippen molar-refractivity contribution in [2.45, 2.75) is 12.5 Å². The van der Waals surface area contributed by atoms with E-state index in [9.17, 15) is 19.1 Å². The maximum Gasteiger partial charge on any atom is 0.290 e. The summed E-state index contributed by atoms with van der Waals surface area (Å²) in [5.74, 6) is -1.64. The van der Waals surface area contributed by atoms with Gasteiger partial charge in [0.25, 0.3) is 5.91 Å². The molecule has 172 valence electrons. The molecule has 1 atom stereocenters. The van der Waals surface area contributed by atoms with Crippen LogP contribution >= 0.6 is 11.3 Å². The highest BCUT2D eigenvalue weighted by Gasteiger charge is 2.44. The number of rotatable bonds is 7. The molecule has 2 aromatic carbocycles. The molecule has 2 aromatic heterocycles. The number of ether oxygens (including phenoxy) is 1. The summed E-state index contributed by atoms with van der Waals surface area (Å²) in [6.45, 7) is 0.174. The molecule has 8 heteroatoms. The van der Waals surface area contributed by atoms with E-state index in [1.807, 2.05) is 24.4 Å². The summed E-state index contributed by atoms with van der Waals surface area (Å²) in [5.41, 5.74) is 1.92. The number of methoxy groups -OCH3 is 1. The zero-order chi connectivity index (χ0) is 23.8. The first-order valence-electron chi connectivity index (χ1n) is 10.7. The van der Waals surface area contributed by atoms with Gasteiger partial charge in [0.05, 0.1) is 23.6 Å². The van der Waals surface area contributed by atoms with Crippen LogP contribution in [-0.2, 0) is 11.2 Å². The van der Waals surface area contributed by atoms with E-state index < -0.39 is 29.3 Å². The molecule has 1 aliphatic rings. The van der Waals surface area contributed by atoms with Crippen molar-refractivity contribution >= 4 is 33.9 Å². The minimum absolute atomic E-state index is 0.0989. The fraction of sp³-hybridized carbons (Fsp3) is 0.154. The summed E-state index contributed by atoms with van der Waals surface area (Å²) in [7, 11) is 1.59. The second-order valence-electron chi connectivity index (χ2n) is 7.97. The molecule has 34 heavy (non-hydrogen) atoms. The highest BCUT2D eigenvalue weighted by molar-refractivity contribution is 7.12. The van der Waals surface area contributed by atoms with Gasteiger partial charge < -0.3 is 19.7 Å². The van der Waals surface area contributed by atoms with E-state index in [2.05, 4.69) is 4.98 Å². The summed E-state index contributed by atoms with van der Waals surface area (Å²) >= 11 is 1.21. The third kappa shape index (κ3) is 3.66. The van der Waals surface area contributed by atoms with Gasteiger partial charge in [-0.2, -0.15) is 0 Å². The number of nitrogens with one attached hydrogen (secondary N) is 1. The number of halogens is 1. The Morgan fingerprint density at radius 3 is 2.76 bits per heavy atom. The molecule has 0 radical (unpaired) electrons. The predicted octanol–water partition coefficient (Wildman–Crippen LogP) is 5.20. The number of aromatic nitrogens is 1. The highest BCUT2D eigenvalue weighted by Crippen LogP contribution is 2.40. The number of Topliss-reactive ketones (excluding diaryl/α,β-unsaturated/α-hetero) is 1. The van der Waals surface area contributed by atoms with Crippen molar-refractivity contribution in [2.24, 2.45) is 0 Å². The van der Waals surface area contributed by atoms with Crippen molar-refractivity contribution < 1.29 is 23.8 Å². The number of ketones is 1. The molecule has 5 rings (SSSR count). The number of carbonyl (C=O) groups is 2. The van der Waals surface area contributed by atoms with E-state index in [1.54, 1.807) is 36.8 Å². The second kappa shape index (κ2) is 8.79. The number of H-pyrrole nitrogens is 1. The van der Waals surface area contributed by atoms with Gasteiger partial charge in [-0.15, -0.1) is 11.3 Å². The third-order valence-electron chi connectivity index (χ3n) is 6.09. The fourth-order valence-corrected chi connectivity index (χ4v) is 5.09. The van der Waals surface area contributed by atoms with E-state index in [1.165, 1.54) is 28.4 Å². The molecule has 1 unspecified atom stereocenters. The first-order chi connectivity index (χ1) is 16.5. The van der Waals surface area contributed by atoms with Gasteiger partial charge in [-0.25, -0.2) is 4.39 Å². The first kappa shape index (κ1) is 21.9. The Balaban J connectivity index is 1.52. The van der Waals surface area contributed by atoms with E-state index >= 15 is 0 Å². The van der Waals surface area contributed by atoms with Gasteiger partial charge in [0.1, 0.15) is 11.6 Å². The number of amides is 1. The van der Waals surface area contributed by atoms with Gasteiger partial charge >= 0.3 is 0 Å². The number of hydrogen-bond acceptors (Lipinski definition) is 5. The number of thiophene rings is 1. The molecule has 6 nitrogen and oxygen atoms in total. The summed E-state index contributed by atoms with van der Waals surface area (Å²) in [6.07, 6.45) is 2.28. The summed E-state index contributed by atoms with van der Waals surface area (Å²) in [4.78, 5) is 31.3. The maximum atomic E-state index is 14.9. The lowest BCUT2D eigenvalue weighted by Gasteiger charge is -2.27. The SMILES string of the molecule is COc1ccc2[nH]cc(CCN3C(=O)C(O)=C(C(=O)c4cccs4)C3c3ccccc3F)c2c1. The maximum absolute atomic E-state index is 14.9. The molecule has 4 aromatic rings. The monoisotopic (exact) mass is 476 g/mol. The Kier molecular flexibility index (Phi) is 5.67. The van der Waals surface area contributed by atoms with Gasteiger partial charge in [-0.1, -0.05) is 24.3 Å². The van der Waals surface area contributed by atoms with Crippen molar-refractivity contribution in [3.8, 4) is 5.75 Å². The molecule has 0 saturated carbocycles. The second-order valence-corrected chi connectivity index (χ2v) is 8.91. The van der Waals surface area contributed by atoms with Crippen LogP contribution in [0.3, 0.4) is 0 Å². The molecule has 0 aliphatic carbocycles. The summed E-state index contributed by atoms with van der Waals surface area (Å²) < 4.78 is 20.2. The highest BCUT2D eigenvalue weighted by atomic mass is 32.1. The van der Waals surface area contributed by atoms with Crippen molar-refractivity contribution in [2.75, 3.05) is 13.7 Å². The molecule has 0 fully saturated rings. The molecule has 1 amide bonds. The van der Waals surface area contributed by atoms with E-state index in [0.717, 1.165) is 16.5 Å². The van der Waals surface area contributed by atoms with Crippen LogP contribution in [0.1, 0.15) is 26.8 Å². The van der Waals surface area contributed by atoms with Crippen LogP contribution < -0.4 is 4.74 Å². The normalized spacial score (nSPS) is 16.0. The summed E-state index contributed by atoms with van der Waals surface area (Å²) in [5, 5.41) is 13.4. The average molecular weight is 477 g/mol. The largest absolute Gasteiger partial charge is 0.503 e. The number of aliphatic hydroxyl groups is 1. The quantitative estimate of drug-likeness (QED) is 0.359. The van der Waals surface area contributed by atoms with Gasteiger partial charge in [-0.05, 0) is 47.7 Å². The van der Waals surface area contributed by atoms with Crippen LogP contribution in [-0.4, -0.2) is 40.3 Å². The van der Waals surface area contributed by atoms with Crippen LogP contribution in [0.5, 0.6) is 5.75 Å². The van der Waals surface area contributed by atoms with Crippen molar-refractivity contribution in [1.29, 1.82) is 0 Å². The lowest BCUT2D eigenvalue weighted by molar-refractivity contribution is -0.129. The van der Waals surface area contributed by atoms with E-state index in [0.29, 0.717) is 17.0 Å². The average Bonchev–Trinajstić information content (AvgIpc) is 3.57. The standard InChI is InChI=1S/C26H21FN2O4S/c1-33-16-8-9-20-18(13-16)15(14-28-20)10-11-29-23(17-5-2-3-6-19(17)27)22(25(31)26(29)32)24(30)21-7-4-12-34-21/h2-9,12-14,23,28,31H,10-11H2,1H3. The molecule has 3 heterocycles. The number of carbonyl (C=O) groups excluding carboxylic acids is 2. The molecule has 1 aliphatic heterocycles. The number of benzene rings is 2.